The largest absolute Gasteiger partial charge is 0.367 e. The highest BCUT2D eigenvalue weighted by Crippen LogP contribution is 2.20. The minimum atomic E-state index is 0.674. The minimum Gasteiger partial charge on any atom is -0.367 e. The van der Waals surface area contributed by atoms with Gasteiger partial charge in [0.05, 0.1) is 6.33 Å². The lowest BCUT2D eigenvalue weighted by molar-refractivity contribution is 1.14. The summed E-state index contributed by atoms with van der Waals surface area (Å²) in [4.78, 5) is 16.6. The van der Waals surface area contributed by atoms with E-state index in [1.165, 1.54) is 11.2 Å². The minimum absolute atomic E-state index is 0.674. The van der Waals surface area contributed by atoms with Crippen molar-refractivity contribution in [1.82, 2.24) is 19.9 Å². The second-order valence-corrected chi connectivity index (χ2v) is 5.66. The third-order valence-electron chi connectivity index (χ3n) is 2.70. The lowest BCUT2D eigenvalue weighted by Crippen LogP contribution is -2.06. The van der Waals surface area contributed by atoms with Gasteiger partial charge in [-0.15, -0.1) is 11.8 Å². The highest BCUT2D eigenvalue weighted by molar-refractivity contribution is 7.99. The molecule has 0 amide bonds. The molecule has 0 unspecified atom stereocenters. The zero-order valence-corrected chi connectivity index (χ0v) is 12.1. The SMILES string of the molecule is Clc1ccc(SCCNc2ncnc3nc[nH]c23)cc1. The molecule has 3 aromatic rings. The number of benzene rings is 1. The smallest absolute Gasteiger partial charge is 0.182 e. The first-order chi connectivity index (χ1) is 9.83. The van der Waals surface area contributed by atoms with E-state index in [4.69, 9.17) is 11.6 Å². The molecular weight excluding hydrogens is 294 g/mol. The van der Waals surface area contributed by atoms with E-state index in [0.29, 0.717) is 5.65 Å². The molecule has 0 fully saturated rings. The van der Waals surface area contributed by atoms with Gasteiger partial charge in [0.1, 0.15) is 11.8 Å². The number of H-pyrrole nitrogens is 1. The second kappa shape index (κ2) is 6.11. The maximum atomic E-state index is 5.85. The van der Waals surface area contributed by atoms with Crippen molar-refractivity contribution in [3.05, 3.63) is 41.9 Å². The average Bonchev–Trinajstić information content (AvgIpc) is 2.94. The maximum absolute atomic E-state index is 5.85. The number of halogens is 1. The van der Waals surface area contributed by atoms with Crippen molar-refractivity contribution in [3.63, 3.8) is 0 Å². The van der Waals surface area contributed by atoms with Gasteiger partial charge in [0.25, 0.3) is 0 Å². The van der Waals surface area contributed by atoms with Crippen LogP contribution in [0.4, 0.5) is 5.82 Å². The first-order valence-electron chi connectivity index (χ1n) is 6.09. The molecule has 3 rings (SSSR count). The van der Waals surface area contributed by atoms with E-state index in [9.17, 15) is 0 Å². The Morgan fingerprint density at radius 1 is 1.15 bits per heavy atom. The van der Waals surface area contributed by atoms with Crippen LogP contribution in [0.1, 0.15) is 0 Å². The van der Waals surface area contributed by atoms with Gasteiger partial charge in [-0.3, -0.25) is 0 Å². The van der Waals surface area contributed by atoms with Gasteiger partial charge in [0, 0.05) is 22.2 Å². The first-order valence-corrected chi connectivity index (χ1v) is 7.45. The normalized spacial score (nSPS) is 10.8. The highest BCUT2D eigenvalue weighted by atomic mass is 35.5. The van der Waals surface area contributed by atoms with E-state index in [2.05, 4.69) is 25.3 Å². The Hall–Kier alpha value is -1.79. The van der Waals surface area contributed by atoms with Gasteiger partial charge in [-0.2, -0.15) is 0 Å². The quantitative estimate of drug-likeness (QED) is 0.559. The fourth-order valence-electron chi connectivity index (χ4n) is 1.77. The molecule has 102 valence electrons. The van der Waals surface area contributed by atoms with Crippen LogP contribution in [0.2, 0.25) is 5.02 Å². The van der Waals surface area contributed by atoms with Crippen LogP contribution in [0.5, 0.6) is 0 Å². The van der Waals surface area contributed by atoms with Crippen LogP contribution < -0.4 is 5.32 Å². The van der Waals surface area contributed by atoms with Gasteiger partial charge >= 0.3 is 0 Å². The van der Waals surface area contributed by atoms with Crippen LogP contribution >= 0.6 is 23.4 Å². The predicted molar refractivity (Wildman–Crippen MR) is 82.3 cm³/mol. The number of aromatic amines is 1. The van der Waals surface area contributed by atoms with Crippen LogP contribution in [-0.2, 0) is 0 Å². The maximum Gasteiger partial charge on any atom is 0.182 e. The van der Waals surface area contributed by atoms with E-state index >= 15 is 0 Å². The molecule has 2 N–H and O–H groups in total. The summed E-state index contributed by atoms with van der Waals surface area (Å²) in [5.74, 6) is 1.71. The molecule has 0 aliphatic heterocycles. The number of hydrogen-bond donors (Lipinski definition) is 2. The van der Waals surface area contributed by atoms with Crippen molar-refractivity contribution in [2.24, 2.45) is 0 Å². The van der Waals surface area contributed by atoms with Crippen molar-refractivity contribution in [1.29, 1.82) is 0 Å². The van der Waals surface area contributed by atoms with E-state index in [1.54, 1.807) is 18.1 Å². The molecule has 20 heavy (non-hydrogen) atoms. The highest BCUT2D eigenvalue weighted by Gasteiger charge is 2.04. The number of nitrogens with zero attached hydrogens (tertiary/aromatic N) is 3. The Morgan fingerprint density at radius 2 is 2.00 bits per heavy atom. The molecule has 1 aromatic carbocycles. The number of nitrogens with one attached hydrogen (secondary N) is 2. The third kappa shape index (κ3) is 3.02. The molecule has 0 radical (unpaired) electrons. The summed E-state index contributed by atoms with van der Waals surface area (Å²) in [6.07, 6.45) is 3.13. The van der Waals surface area contributed by atoms with Crippen molar-refractivity contribution >= 4 is 40.3 Å². The van der Waals surface area contributed by atoms with E-state index in [0.717, 1.165) is 28.7 Å². The van der Waals surface area contributed by atoms with Crippen LogP contribution in [0.25, 0.3) is 11.2 Å². The summed E-state index contributed by atoms with van der Waals surface area (Å²) in [5.41, 5.74) is 1.51. The van der Waals surface area contributed by atoms with Crippen molar-refractivity contribution in [3.8, 4) is 0 Å². The molecule has 7 heteroatoms. The molecular formula is C13H12ClN5S. The van der Waals surface area contributed by atoms with Crippen molar-refractivity contribution < 1.29 is 0 Å². The van der Waals surface area contributed by atoms with E-state index in [1.807, 2.05) is 24.3 Å². The first kappa shape index (κ1) is 13.2. The second-order valence-electron chi connectivity index (χ2n) is 4.05. The summed E-state index contributed by atoms with van der Waals surface area (Å²) >= 11 is 7.62. The Kier molecular flexibility index (Phi) is 4.03. The van der Waals surface area contributed by atoms with E-state index in [-0.39, 0.29) is 0 Å². The predicted octanol–water partition coefficient (Wildman–Crippen LogP) is 3.21. The van der Waals surface area contributed by atoms with Crippen LogP contribution in [0.3, 0.4) is 0 Å². The fraction of sp³-hybridized carbons (Fsp3) is 0.154. The zero-order chi connectivity index (χ0) is 13.8. The molecule has 0 saturated carbocycles. The van der Waals surface area contributed by atoms with Crippen molar-refractivity contribution in [2.45, 2.75) is 4.90 Å². The number of anilines is 1. The molecule has 2 aromatic heterocycles. The molecule has 2 heterocycles. The van der Waals surface area contributed by atoms with E-state index < -0.39 is 0 Å². The molecule has 0 atom stereocenters. The zero-order valence-electron chi connectivity index (χ0n) is 10.5. The lowest BCUT2D eigenvalue weighted by atomic mass is 10.4. The van der Waals surface area contributed by atoms with Crippen LogP contribution in [0.15, 0.2) is 41.8 Å². The number of aromatic nitrogens is 4. The lowest BCUT2D eigenvalue weighted by Gasteiger charge is -2.06. The Bertz CT molecular complexity index is 697. The molecule has 0 bridgehead atoms. The molecule has 0 saturated heterocycles. The molecule has 0 aliphatic rings. The molecule has 0 spiro atoms. The van der Waals surface area contributed by atoms with Gasteiger partial charge < -0.3 is 10.3 Å². The number of rotatable bonds is 5. The van der Waals surface area contributed by atoms with Gasteiger partial charge in [0.15, 0.2) is 11.5 Å². The monoisotopic (exact) mass is 305 g/mol. The summed E-state index contributed by atoms with van der Waals surface area (Å²) < 4.78 is 0. The fourth-order valence-corrected chi connectivity index (χ4v) is 2.66. The van der Waals surface area contributed by atoms with Gasteiger partial charge in [-0.25, -0.2) is 15.0 Å². The molecule has 5 nitrogen and oxygen atoms in total. The summed E-state index contributed by atoms with van der Waals surface area (Å²) in [6, 6.07) is 7.83. The average molecular weight is 306 g/mol. The third-order valence-corrected chi connectivity index (χ3v) is 3.97. The van der Waals surface area contributed by atoms with Gasteiger partial charge in [0.2, 0.25) is 0 Å². The summed E-state index contributed by atoms with van der Waals surface area (Å²) in [7, 11) is 0. The van der Waals surface area contributed by atoms with Crippen LogP contribution in [0, 0.1) is 0 Å². The topological polar surface area (TPSA) is 66.5 Å². The summed E-state index contributed by atoms with van der Waals surface area (Å²) in [5, 5.41) is 4.05. The number of hydrogen-bond acceptors (Lipinski definition) is 5. The number of thioether (sulfide) groups is 1. The Balaban J connectivity index is 1.55. The Morgan fingerprint density at radius 3 is 2.85 bits per heavy atom. The number of fused-ring (bicyclic) bond motifs is 1. The molecule has 0 aliphatic carbocycles. The van der Waals surface area contributed by atoms with Crippen LogP contribution in [-0.4, -0.2) is 32.2 Å². The van der Waals surface area contributed by atoms with Gasteiger partial charge in [-0.05, 0) is 24.3 Å². The van der Waals surface area contributed by atoms with Gasteiger partial charge in [-0.1, -0.05) is 11.6 Å². The summed E-state index contributed by atoms with van der Waals surface area (Å²) in [6.45, 7) is 0.804. The number of imidazole rings is 1. The van der Waals surface area contributed by atoms with Crippen molar-refractivity contribution in [2.75, 3.05) is 17.6 Å². The Labute approximate surface area is 125 Å². The standard InChI is InChI=1S/C13H12ClN5S/c14-9-1-3-10(4-2-9)20-6-5-15-12-11-13(17-7-16-11)19-8-18-12/h1-4,7-8H,5-6H2,(H2,15,16,17,18,19).